The first-order chi connectivity index (χ1) is 6.86. The standard InChI is InChI=1S/C10H8N4/c11-7-4-6-2-1-3-12-8(6)10-9(7)13-5-14-10/h1-5,12H,11H2. The minimum atomic E-state index is 0.671. The first-order valence-corrected chi connectivity index (χ1v) is 4.32. The van der Waals surface area contributed by atoms with Gasteiger partial charge in [0.15, 0.2) is 0 Å². The summed E-state index contributed by atoms with van der Waals surface area (Å²) in [6.07, 6.45) is 3.40. The molecule has 0 bridgehead atoms. The number of nitrogens with one attached hydrogen (secondary N) is 1. The Balaban J connectivity index is 2.66. The maximum atomic E-state index is 5.85. The van der Waals surface area contributed by atoms with Gasteiger partial charge in [0.2, 0.25) is 0 Å². The Kier molecular flexibility index (Phi) is 1.28. The van der Waals surface area contributed by atoms with Crippen LogP contribution in [-0.4, -0.2) is 15.0 Å². The predicted octanol–water partition coefficient (Wildman–Crippen LogP) is 1.69. The highest BCUT2D eigenvalue weighted by Crippen LogP contribution is 2.25. The van der Waals surface area contributed by atoms with E-state index in [-0.39, 0.29) is 0 Å². The van der Waals surface area contributed by atoms with Crippen molar-refractivity contribution in [1.29, 1.82) is 0 Å². The van der Waals surface area contributed by atoms with Gasteiger partial charge in [-0.15, -0.1) is 0 Å². The molecule has 0 unspecified atom stereocenters. The molecule has 0 aliphatic heterocycles. The lowest BCUT2D eigenvalue weighted by Gasteiger charge is -2.00. The lowest BCUT2D eigenvalue weighted by atomic mass is 10.1. The molecule has 3 rings (SSSR count). The van der Waals surface area contributed by atoms with Gasteiger partial charge >= 0.3 is 0 Å². The summed E-state index contributed by atoms with van der Waals surface area (Å²) in [5, 5.41) is 1.05. The number of fused-ring (bicyclic) bond motifs is 3. The second kappa shape index (κ2) is 2.45. The molecular formula is C10H8N4. The van der Waals surface area contributed by atoms with E-state index in [1.54, 1.807) is 0 Å². The number of anilines is 1. The number of pyridine rings is 1. The van der Waals surface area contributed by atoms with Crippen LogP contribution in [0, 0.1) is 0 Å². The van der Waals surface area contributed by atoms with Gasteiger partial charge in [-0.2, -0.15) is 0 Å². The molecule has 0 radical (unpaired) electrons. The van der Waals surface area contributed by atoms with Gasteiger partial charge in [0.1, 0.15) is 17.4 Å². The van der Waals surface area contributed by atoms with Gasteiger partial charge in [0.05, 0.1) is 11.2 Å². The van der Waals surface area contributed by atoms with Crippen LogP contribution in [0.2, 0.25) is 0 Å². The third kappa shape index (κ3) is 0.821. The van der Waals surface area contributed by atoms with Crippen LogP contribution in [0.3, 0.4) is 0 Å². The third-order valence-electron chi connectivity index (χ3n) is 2.31. The highest BCUT2D eigenvalue weighted by molar-refractivity contribution is 6.06. The fourth-order valence-electron chi connectivity index (χ4n) is 1.67. The van der Waals surface area contributed by atoms with E-state index in [0.717, 1.165) is 21.9 Å². The molecule has 0 atom stereocenters. The van der Waals surface area contributed by atoms with Crippen LogP contribution >= 0.6 is 0 Å². The average molecular weight is 184 g/mol. The van der Waals surface area contributed by atoms with E-state index < -0.39 is 0 Å². The van der Waals surface area contributed by atoms with Crippen molar-refractivity contribution in [2.24, 2.45) is 0 Å². The maximum Gasteiger partial charge on any atom is 0.117 e. The van der Waals surface area contributed by atoms with Crippen molar-refractivity contribution in [3.05, 3.63) is 30.7 Å². The summed E-state index contributed by atoms with van der Waals surface area (Å²) < 4.78 is 0. The molecule has 2 heterocycles. The molecule has 2 aromatic heterocycles. The lowest BCUT2D eigenvalue weighted by molar-refractivity contribution is 1.34. The SMILES string of the molecule is Nc1cc2ccc[nH]c2c2ncnc12. The monoisotopic (exact) mass is 184 g/mol. The Bertz CT molecular complexity index is 612. The molecule has 4 heteroatoms. The van der Waals surface area contributed by atoms with E-state index in [1.807, 2.05) is 24.4 Å². The molecule has 0 spiro atoms. The van der Waals surface area contributed by atoms with E-state index in [0.29, 0.717) is 5.69 Å². The molecule has 3 aromatic rings. The van der Waals surface area contributed by atoms with Crippen molar-refractivity contribution in [3.63, 3.8) is 0 Å². The Labute approximate surface area is 79.8 Å². The number of benzene rings is 1. The van der Waals surface area contributed by atoms with Gasteiger partial charge in [0.25, 0.3) is 0 Å². The third-order valence-corrected chi connectivity index (χ3v) is 2.31. The molecule has 0 fully saturated rings. The van der Waals surface area contributed by atoms with Crippen LogP contribution in [-0.2, 0) is 0 Å². The molecule has 4 nitrogen and oxygen atoms in total. The highest BCUT2D eigenvalue weighted by Gasteiger charge is 2.06. The average Bonchev–Trinajstić information content (AvgIpc) is 2.67. The normalized spacial score (nSPS) is 11.1. The van der Waals surface area contributed by atoms with Crippen molar-refractivity contribution in [1.82, 2.24) is 15.0 Å². The molecule has 1 aromatic carbocycles. The van der Waals surface area contributed by atoms with Crippen LogP contribution in [0.25, 0.3) is 21.9 Å². The van der Waals surface area contributed by atoms with Gasteiger partial charge in [-0.25, -0.2) is 9.97 Å². The maximum absolute atomic E-state index is 5.85. The lowest BCUT2D eigenvalue weighted by Crippen LogP contribution is -1.88. The topological polar surface area (TPSA) is 67.6 Å². The minimum Gasteiger partial charge on any atom is -0.397 e. The van der Waals surface area contributed by atoms with Crippen molar-refractivity contribution in [3.8, 4) is 0 Å². The molecular weight excluding hydrogens is 176 g/mol. The van der Waals surface area contributed by atoms with Gasteiger partial charge in [-0.1, -0.05) is 6.07 Å². The number of aromatic amines is 1. The van der Waals surface area contributed by atoms with Crippen molar-refractivity contribution < 1.29 is 0 Å². The Hall–Kier alpha value is -2.10. The van der Waals surface area contributed by atoms with Crippen molar-refractivity contribution >= 4 is 27.6 Å². The van der Waals surface area contributed by atoms with Crippen LogP contribution in [0.4, 0.5) is 5.69 Å². The first kappa shape index (κ1) is 7.32. The van der Waals surface area contributed by atoms with Gasteiger partial charge in [-0.3, -0.25) is 0 Å². The fourth-order valence-corrected chi connectivity index (χ4v) is 1.67. The molecule has 0 aliphatic rings. The number of nitrogens with zero attached hydrogens (tertiary/aromatic N) is 2. The number of rotatable bonds is 0. The summed E-state index contributed by atoms with van der Waals surface area (Å²) in [7, 11) is 0. The Morgan fingerprint density at radius 2 is 2.07 bits per heavy atom. The Morgan fingerprint density at radius 1 is 1.21 bits per heavy atom. The van der Waals surface area contributed by atoms with Gasteiger partial charge in [0, 0.05) is 11.6 Å². The zero-order valence-electron chi connectivity index (χ0n) is 7.36. The second-order valence-corrected chi connectivity index (χ2v) is 3.17. The number of aromatic nitrogens is 3. The van der Waals surface area contributed by atoms with E-state index in [1.165, 1.54) is 6.33 Å². The van der Waals surface area contributed by atoms with Gasteiger partial charge < -0.3 is 10.7 Å². The summed E-state index contributed by atoms with van der Waals surface area (Å²) in [5.74, 6) is 0. The van der Waals surface area contributed by atoms with E-state index in [4.69, 9.17) is 5.73 Å². The fraction of sp³-hybridized carbons (Fsp3) is 0. The number of hydrogen-bond acceptors (Lipinski definition) is 3. The molecule has 68 valence electrons. The van der Waals surface area contributed by atoms with Crippen molar-refractivity contribution in [2.45, 2.75) is 0 Å². The quantitative estimate of drug-likeness (QED) is 0.522. The Morgan fingerprint density at radius 3 is 3.00 bits per heavy atom. The number of imidazole rings is 1. The number of hydrogen-bond donors (Lipinski definition) is 2. The molecule has 0 saturated heterocycles. The smallest absolute Gasteiger partial charge is 0.117 e. The van der Waals surface area contributed by atoms with E-state index in [9.17, 15) is 0 Å². The first-order valence-electron chi connectivity index (χ1n) is 4.32. The minimum absolute atomic E-state index is 0.671. The van der Waals surface area contributed by atoms with Crippen molar-refractivity contribution in [2.75, 3.05) is 5.73 Å². The predicted molar refractivity (Wildman–Crippen MR) is 55.8 cm³/mol. The largest absolute Gasteiger partial charge is 0.397 e. The summed E-state index contributed by atoms with van der Waals surface area (Å²) >= 11 is 0. The van der Waals surface area contributed by atoms with Crippen LogP contribution in [0.1, 0.15) is 0 Å². The number of nitrogen functional groups attached to an aromatic ring is 1. The second-order valence-electron chi connectivity index (χ2n) is 3.17. The summed E-state index contributed by atoms with van der Waals surface area (Å²) in [5.41, 5.74) is 9.10. The molecule has 0 saturated carbocycles. The van der Waals surface area contributed by atoms with Crippen LogP contribution in [0.5, 0.6) is 0 Å². The molecule has 0 amide bonds. The van der Waals surface area contributed by atoms with Crippen LogP contribution in [0.15, 0.2) is 30.7 Å². The zero-order valence-corrected chi connectivity index (χ0v) is 7.36. The number of nitrogens with two attached hydrogens (primary N) is 1. The molecule has 3 N–H and O–H groups in total. The summed E-state index contributed by atoms with van der Waals surface area (Å²) in [4.78, 5) is 11.4. The highest BCUT2D eigenvalue weighted by atomic mass is 14.9. The van der Waals surface area contributed by atoms with E-state index >= 15 is 0 Å². The summed E-state index contributed by atoms with van der Waals surface area (Å²) in [6, 6.07) is 5.84. The molecule has 14 heavy (non-hydrogen) atoms. The van der Waals surface area contributed by atoms with Crippen LogP contribution < -0.4 is 5.73 Å². The zero-order chi connectivity index (χ0) is 9.54. The van der Waals surface area contributed by atoms with Gasteiger partial charge in [-0.05, 0) is 12.1 Å². The van der Waals surface area contributed by atoms with E-state index in [2.05, 4.69) is 15.0 Å². The number of H-pyrrole nitrogens is 1. The summed E-state index contributed by atoms with van der Waals surface area (Å²) in [6.45, 7) is 0. The molecule has 0 aliphatic carbocycles.